The molecule has 0 radical (unpaired) electrons. The minimum atomic E-state index is -0.776. The zero-order chi connectivity index (χ0) is 24.6. The van der Waals surface area contributed by atoms with Gasteiger partial charge in [0.05, 0.1) is 0 Å². The molecule has 0 aromatic heterocycles. The van der Waals surface area contributed by atoms with Crippen LogP contribution in [-0.2, 0) is 23.2 Å². The van der Waals surface area contributed by atoms with Gasteiger partial charge >= 0.3 is 231 Å². The first-order valence-electron chi connectivity index (χ1n) is 13.9. The zero-order valence-corrected chi connectivity index (χ0v) is 28.9. The van der Waals surface area contributed by atoms with Gasteiger partial charge in [0.25, 0.3) is 0 Å². The van der Waals surface area contributed by atoms with Crippen molar-refractivity contribution >= 4 is 28.0 Å². The number of rotatable bonds is 14. The molecule has 0 amide bonds. The molecule has 0 nitrogen and oxygen atoms in total. The third-order valence-electron chi connectivity index (χ3n) is 7.59. The molecular weight excluding hydrogens is 608 g/mol. The second kappa shape index (κ2) is 17.1. The molecule has 0 N–H and O–H groups in total. The van der Waals surface area contributed by atoms with Crippen LogP contribution >= 0.6 is 15.8 Å². The monoisotopic (exact) mass is 650 g/mol. The summed E-state index contributed by atoms with van der Waals surface area (Å²) in [5, 5.41) is 3.69. The van der Waals surface area contributed by atoms with E-state index in [4.69, 9.17) is 0 Å². The molecule has 2 aromatic rings. The van der Waals surface area contributed by atoms with Crippen LogP contribution < -0.4 is 24.8 Å². The predicted octanol–water partition coefficient (Wildman–Crippen LogP) is 4.65. The van der Waals surface area contributed by atoms with Crippen LogP contribution in [0.3, 0.4) is 0 Å². The van der Waals surface area contributed by atoms with Gasteiger partial charge in [-0.2, -0.15) is 0 Å². The molecule has 0 fully saturated rings. The summed E-state index contributed by atoms with van der Waals surface area (Å²) in [7, 11) is -0.0506. The van der Waals surface area contributed by atoms with Crippen molar-refractivity contribution in [2.45, 2.75) is 72.5 Å². The Hall–Kier alpha value is 0.243. The quantitative estimate of drug-likeness (QED) is 0.206. The number of unbranched alkanes of at least 4 members (excludes halogenated alkanes) is 6. The average Bonchev–Trinajstić information content (AvgIpc) is 3.42. The topological polar surface area (TPSA) is 0 Å². The molecule has 0 spiro atoms. The van der Waals surface area contributed by atoms with Crippen LogP contribution in [0.15, 0.2) is 59.2 Å². The van der Waals surface area contributed by atoms with Crippen LogP contribution in [0.25, 0.3) is 12.2 Å². The van der Waals surface area contributed by atoms with Gasteiger partial charge in [-0.15, -0.1) is 0 Å². The Kier molecular flexibility index (Phi) is 15.5. The summed E-state index contributed by atoms with van der Waals surface area (Å²) in [6.07, 6.45) is 19.4. The van der Waals surface area contributed by atoms with Crippen LogP contribution in [0.1, 0.15) is 94.7 Å². The van der Waals surface area contributed by atoms with Crippen LogP contribution in [0.2, 0.25) is 0 Å². The summed E-state index contributed by atoms with van der Waals surface area (Å²) < 4.78 is 1.53. The molecule has 0 saturated carbocycles. The van der Waals surface area contributed by atoms with Gasteiger partial charge in [-0.3, -0.25) is 0 Å². The first-order chi connectivity index (χ1) is 17.1. The number of allylic oxidation sites excluding steroid dienone is 2. The maximum absolute atomic E-state index is 2.69. The normalized spacial score (nSPS) is 17.5. The third-order valence-corrected chi connectivity index (χ3v) is 17.7. The predicted molar refractivity (Wildman–Crippen MR) is 158 cm³/mol. The van der Waals surface area contributed by atoms with Gasteiger partial charge in [0, 0.05) is 0 Å². The molecule has 200 valence electrons. The third kappa shape index (κ3) is 8.61. The molecule has 0 aliphatic heterocycles. The number of hydrogen-bond donors (Lipinski definition) is 0. The van der Waals surface area contributed by atoms with Crippen molar-refractivity contribution in [3.63, 3.8) is 0 Å². The van der Waals surface area contributed by atoms with E-state index >= 15 is 0 Å². The van der Waals surface area contributed by atoms with Crippen molar-refractivity contribution in [3.8, 4) is 0 Å². The van der Waals surface area contributed by atoms with E-state index in [0.29, 0.717) is 0 Å². The fraction of sp³-hybridized carbons (Fsp3) is 0.500. The molecular formula is C32H44Cl2P2Zr. The molecule has 2 aromatic carbocycles. The largest absolute Gasteiger partial charge is 1.00 e. The number of benzene rings is 2. The molecule has 2 aliphatic carbocycles. The van der Waals surface area contributed by atoms with Gasteiger partial charge in [0.2, 0.25) is 0 Å². The molecule has 0 bridgehead atoms. The van der Waals surface area contributed by atoms with E-state index in [9.17, 15) is 0 Å². The Labute approximate surface area is 253 Å². The number of fused-ring (bicyclic) bond motifs is 2. The summed E-state index contributed by atoms with van der Waals surface area (Å²) in [4.78, 5) is 0. The minimum absolute atomic E-state index is 0. The first-order valence-corrected chi connectivity index (χ1v) is 20.7. The summed E-state index contributed by atoms with van der Waals surface area (Å²) >= 11 is -0.776. The van der Waals surface area contributed by atoms with Gasteiger partial charge in [0.15, 0.2) is 0 Å². The summed E-state index contributed by atoms with van der Waals surface area (Å²) in [5.74, 6) is 0. The fourth-order valence-electron chi connectivity index (χ4n) is 5.62. The second-order valence-corrected chi connectivity index (χ2v) is 18.9. The van der Waals surface area contributed by atoms with Gasteiger partial charge in [0.1, 0.15) is 0 Å². The maximum atomic E-state index is 2.69. The van der Waals surface area contributed by atoms with Crippen LogP contribution in [0.5, 0.6) is 0 Å². The Balaban J connectivity index is 0.00000241. The smallest absolute Gasteiger partial charge is 1.00 e. The molecule has 0 heterocycles. The van der Waals surface area contributed by atoms with Crippen molar-refractivity contribution < 1.29 is 48.0 Å². The molecule has 2 aliphatic rings. The standard InChI is InChI=1S/C21H32P.C11H12P.2ClH.Zr/c1-3-5-7-11-15-22(16-12-8-6-4-2)21-17-19-13-9-10-14-20(19)18-21;1-12(2)11-7-9-5-3-4-6-10(9)8-11;;;/h9-10,13-14,17-18H,3-8,11-12,15-16H2,1-2H3;3-8H,1-2H3;2*1H;/q;;;;+2/p-2. The SMILES string of the molecule is CCCCCCP(CCCCCC)C1=Cc2ccccc2[CH]1[Zr+2][CH]1C(P(C)C)=Cc2ccccc21.[Cl-].[Cl-]. The van der Waals surface area contributed by atoms with E-state index < -0.39 is 23.2 Å². The summed E-state index contributed by atoms with van der Waals surface area (Å²) in [6, 6.07) is 18.8. The first kappa shape index (κ1) is 33.4. The number of hydrogen-bond acceptors (Lipinski definition) is 0. The Morgan fingerprint density at radius 3 is 1.57 bits per heavy atom. The van der Waals surface area contributed by atoms with Crippen LogP contribution in [0.4, 0.5) is 0 Å². The van der Waals surface area contributed by atoms with Gasteiger partial charge < -0.3 is 24.8 Å². The average molecular weight is 653 g/mol. The molecule has 0 saturated heterocycles. The van der Waals surface area contributed by atoms with Crippen molar-refractivity contribution in [3.05, 3.63) is 81.4 Å². The van der Waals surface area contributed by atoms with Crippen molar-refractivity contribution in [1.82, 2.24) is 0 Å². The number of halogens is 2. The zero-order valence-electron chi connectivity index (χ0n) is 23.1. The minimum Gasteiger partial charge on any atom is -1.00 e. The molecule has 37 heavy (non-hydrogen) atoms. The van der Waals surface area contributed by atoms with E-state index in [1.807, 2.05) is 5.31 Å². The van der Waals surface area contributed by atoms with Gasteiger partial charge in [-0.25, -0.2) is 0 Å². The van der Waals surface area contributed by atoms with E-state index in [1.54, 1.807) is 22.0 Å². The van der Waals surface area contributed by atoms with Crippen LogP contribution in [-0.4, -0.2) is 25.7 Å². The Bertz CT molecular complexity index is 1020. The fourth-order valence-corrected chi connectivity index (χ4v) is 17.8. The summed E-state index contributed by atoms with van der Waals surface area (Å²) in [6.45, 7) is 9.64. The molecule has 2 unspecified atom stereocenters. The van der Waals surface area contributed by atoms with Gasteiger partial charge in [-0.1, -0.05) is 0 Å². The van der Waals surface area contributed by atoms with Crippen LogP contribution in [0, 0.1) is 0 Å². The maximum Gasteiger partial charge on any atom is -1.00 e. The molecule has 2 atom stereocenters. The van der Waals surface area contributed by atoms with Crippen molar-refractivity contribution in [1.29, 1.82) is 0 Å². The van der Waals surface area contributed by atoms with E-state index in [0.717, 1.165) is 7.25 Å². The molecule has 5 heteroatoms. The van der Waals surface area contributed by atoms with Gasteiger partial charge in [-0.05, 0) is 0 Å². The second-order valence-electron chi connectivity index (χ2n) is 10.4. The Morgan fingerprint density at radius 1 is 0.622 bits per heavy atom. The van der Waals surface area contributed by atoms with E-state index in [-0.39, 0.29) is 40.7 Å². The Morgan fingerprint density at radius 2 is 1.08 bits per heavy atom. The molecule has 4 rings (SSSR count). The van der Waals surface area contributed by atoms with E-state index in [2.05, 4.69) is 87.9 Å². The van der Waals surface area contributed by atoms with Crippen molar-refractivity contribution in [2.24, 2.45) is 0 Å². The van der Waals surface area contributed by atoms with E-state index in [1.165, 1.54) is 69.3 Å². The summed E-state index contributed by atoms with van der Waals surface area (Å²) in [5.41, 5.74) is 6.41. The van der Waals surface area contributed by atoms with Crippen molar-refractivity contribution in [2.75, 3.05) is 25.7 Å².